The van der Waals surface area contributed by atoms with E-state index in [9.17, 15) is 22.4 Å². The zero-order chi connectivity index (χ0) is 19.7. The van der Waals surface area contributed by atoms with Gasteiger partial charge in [-0.2, -0.15) is 4.31 Å². The van der Waals surface area contributed by atoms with E-state index in [-0.39, 0.29) is 42.6 Å². The van der Waals surface area contributed by atoms with Crippen LogP contribution in [0.25, 0.3) is 11.1 Å². The zero-order valence-corrected chi connectivity index (χ0v) is 15.6. The van der Waals surface area contributed by atoms with Crippen LogP contribution in [-0.4, -0.2) is 72.6 Å². The average molecular weight is 411 g/mol. The van der Waals surface area contributed by atoms with Crippen molar-refractivity contribution in [2.45, 2.75) is 35.6 Å². The van der Waals surface area contributed by atoms with Crippen LogP contribution in [0.5, 0.6) is 0 Å². The van der Waals surface area contributed by atoms with Gasteiger partial charge in [0.15, 0.2) is 5.58 Å². The average Bonchev–Trinajstić information content (AvgIpc) is 3.19. The van der Waals surface area contributed by atoms with Crippen LogP contribution in [0.1, 0.15) is 12.8 Å². The van der Waals surface area contributed by atoms with Gasteiger partial charge in [-0.15, -0.1) is 0 Å². The number of oxazole rings is 1. The van der Waals surface area contributed by atoms with E-state index in [2.05, 4.69) is 4.98 Å². The van der Waals surface area contributed by atoms with Crippen LogP contribution in [0, 0.1) is 0 Å². The van der Waals surface area contributed by atoms with Crippen molar-refractivity contribution < 1.29 is 26.8 Å². The van der Waals surface area contributed by atoms with Crippen LogP contribution < -0.4 is 5.76 Å². The molecule has 150 valence electrons. The Labute approximate surface area is 159 Å². The topological polar surface area (TPSA) is 113 Å². The number of carbonyl (C=O) groups excluding carboxylic acids is 1. The second kappa shape index (κ2) is 5.88. The van der Waals surface area contributed by atoms with Crippen LogP contribution in [0.4, 0.5) is 4.39 Å². The van der Waals surface area contributed by atoms with Crippen molar-refractivity contribution in [1.29, 1.82) is 0 Å². The Bertz CT molecular complexity index is 1110. The normalized spacial score (nSPS) is 25.2. The number of amides is 1. The number of hydrogen-bond donors (Lipinski definition) is 1. The maximum Gasteiger partial charge on any atom is 0.417 e. The predicted octanol–water partition coefficient (Wildman–Crippen LogP) is 0.223. The lowest BCUT2D eigenvalue weighted by atomic mass is 9.93. The number of nitrogens with zero attached hydrogens (tertiary/aromatic N) is 2. The molecule has 1 spiro atoms. The number of sulfonamides is 1. The van der Waals surface area contributed by atoms with Gasteiger partial charge in [0.2, 0.25) is 10.0 Å². The zero-order valence-electron chi connectivity index (χ0n) is 14.8. The first-order chi connectivity index (χ1) is 13.3. The van der Waals surface area contributed by atoms with E-state index in [1.54, 1.807) is 0 Å². The van der Waals surface area contributed by atoms with E-state index >= 15 is 0 Å². The number of alkyl halides is 1. The summed E-state index contributed by atoms with van der Waals surface area (Å²) in [7, 11) is -3.77. The van der Waals surface area contributed by atoms with Gasteiger partial charge in [-0.3, -0.25) is 9.78 Å². The number of aromatic nitrogens is 1. The molecule has 0 saturated carbocycles. The number of rotatable bonds is 3. The number of likely N-dealkylation sites (tertiary alicyclic amines) is 1. The summed E-state index contributed by atoms with van der Waals surface area (Å²) in [5.41, 5.74) is -0.0752. The lowest BCUT2D eigenvalue weighted by Crippen LogP contribution is -2.63. The van der Waals surface area contributed by atoms with Gasteiger partial charge >= 0.3 is 5.76 Å². The first-order valence-corrected chi connectivity index (χ1v) is 10.4. The van der Waals surface area contributed by atoms with Gasteiger partial charge in [-0.05, 0) is 25.0 Å². The fourth-order valence-electron chi connectivity index (χ4n) is 4.03. The molecule has 1 N–H and O–H groups in total. The summed E-state index contributed by atoms with van der Waals surface area (Å²) in [6.07, 6.45) is -0.525. The van der Waals surface area contributed by atoms with Crippen LogP contribution in [-0.2, 0) is 19.6 Å². The van der Waals surface area contributed by atoms with Crippen molar-refractivity contribution in [1.82, 2.24) is 14.2 Å². The van der Waals surface area contributed by atoms with E-state index in [0.717, 1.165) is 0 Å². The van der Waals surface area contributed by atoms with E-state index in [1.807, 2.05) is 0 Å². The lowest BCUT2D eigenvalue weighted by Gasteiger charge is -2.46. The van der Waals surface area contributed by atoms with E-state index < -0.39 is 33.7 Å². The predicted molar refractivity (Wildman–Crippen MR) is 93.9 cm³/mol. The Morgan fingerprint density at radius 2 is 2.04 bits per heavy atom. The van der Waals surface area contributed by atoms with Crippen molar-refractivity contribution in [2.75, 3.05) is 26.2 Å². The Hall–Kier alpha value is -2.24. The van der Waals surface area contributed by atoms with Crippen molar-refractivity contribution in [2.24, 2.45) is 0 Å². The quantitative estimate of drug-likeness (QED) is 0.773. The number of carbonyl (C=O) groups is 1. The molecule has 4 heterocycles. The molecule has 0 radical (unpaired) electrons. The summed E-state index contributed by atoms with van der Waals surface area (Å²) < 4.78 is 50.7. The third-order valence-electron chi connectivity index (χ3n) is 5.64. The monoisotopic (exact) mass is 411 g/mol. The molecule has 11 heteroatoms. The Kier molecular flexibility index (Phi) is 3.74. The fourth-order valence-corrected chi connectivity index (χ4v) is 5.63. The SMILES string of the molecule is O=C(C1CCC2(CN(S(=O)(=O)c3ccc4[nH]c(=O)oc4c3)C2)O1)N1CC(F)C1. The summed E-state index contributed by atoms with van der Waals surface area (Å²) in [5, 5.41) is 0. The highest BCUT2D eigenvalue weighted by atomic mass is 32.2. The smallest absolute Gasteiger partial charge is 0.408 e. The van der Waals surface area contributed by atoms with Crippen LogP contribution in [0.15, 0.2) is 32.3 Å². The molecule has 2 aromatic rings. The van der Waals surface area contributed by atoms with Gasteiger partial charge in [0.1, 0.15) is 12.3 Å². The van der Waals surface area contributed by atoms with Gasteiger partial charge in [-0.25, -0.2) is 17.6 Å². The van der Waals surface area contributed by atoms with Crippen LogP contribution in [0.2, 0.25) is 0 Å². The molecule has 28 heavy (non-hydrogen) atoms. The Balaban J connectivity index is 1.27. The maximum atomic E-state index is 13.0. The lowest BCUT2D eigenvalue weighted by molar-refractivity contribution is -0.162. The van der Waals surface area contributed by atoms with E-state index in [1.165, 1.54) is 27.4 Å². The number of nitrogens with one attached hydrogen (secondary N) is 1. The first-order valence-electron chi connectivity index (χ1n) is 9.00. The summed E-state index contributed by atoms with van der Waals surface area (Å²) in [6.45, 7) is 0.508. The van der Waals surface area contributed by atoms with Crippen molar-refractivity contribution in [3.8, 4) is 0 Å². The van der Waals surface area contributed by atoms with Gasteiger partial charge in [0.05, 0.1) is 29.1 Å². The molecule has 3 fully saturated rings. The minimum atomic E-state index is -3.77. The van der Waals surface area contributed by atoms with Crippen molar-refractivity contribution in [3.05, 3.63) is 28.7 Å². The molecule has 5 rings (SSSR count). The molecule has 3 aliphatic rings. The molecule has 1 aromatic carbocycles. The number of hydrogen-bond acceptors (Lipinski definition) is 6. The molecule has 9 nitrogen and oxygen atoms in total. The van der Waals surface area contributed by atoms with Gasteiger partial charge in [0, 0.05) is 19.2 Å². The highest BCUT2D eigenvalue weighted by Gasteiger charge is 2.55. The number of fused-ring (bicyclic) bond motifs is 1. The maximum absolute atomic E-state index is 13.0. The molecule has 1 amide bonds. The van der Waals surface area contributed by atoms with Gasteiger partial charge in [-0.1, -0.05) is 0 Å². The van der Waals surface area contributed by atoms with Gasteiger partial charge in [0.25, 0.3) is 5.91 Å². The number of ether oxygens (including phenoxy) is 1. The van der Waals surface area contributed by atoms with Crippen molar-refractivity contribution >= 4 is 27.0 Å². The largest absolute Gasteiger partial charge is 0.417 e. The number of benzene rings is 1. The Morgan fingerprint density at radius 1 is 1.29 bits per heavy atom. The van der Waals surface area contributed by atoms with Crippen LogP contribution >= 0.6 is 0 Å². The van der Waals surface area contributed by atoms with E-state index in [0.29, 0.717) is 18.4 Å². The third kappa shape index (κ3) is 2.68. The Morgan fingerprint density at radius 3 is 2.75 bits per heavy atom. The molecule has 0 bridgehead atoms. The van der Waals surface area contributed by atoms with Gasteiger partial charge < -0.3 is 14.1 Å². The summed E-state index contributed by atoms with van der Waals surface area (Å²) in [4.78, 5) is 27.5. The molecule has 0 aliphatic carbocycles. The summed E-state index contributed by atoms with van der Waals surface area (Å²) in [6, 6.07) is 4.20. The highest BCUT2D eigenvalue weighted by molar-refractivity contribution is 7.89. The molecule has 1 unspecified atom stereocenters. The minimum Gasteiger partial charge on any atom is -0.408 e. The van der Waals surface area contributed by atoms with E-state index in [4.69, 9.17) is 9.15 Å². The minimum absolute atomic E-state index is 0.0257. The standard InChI is InChI=1S/C17H18FN3O6S/c18-10-6-20(7-10)15(22)13-3-4-17(27-13)8-21(9-17)28(24,25)11-1-2-12-14(5-11)26-16(23)19-12/h1-2,5,10,13H,3-4,6-9H2,(H,19,23). The molecule has 3 aliphatic heterocycles. The number of aromatic amines is 1. The van der Waals surface area contributed by atoms with Crippen molar-refractivity contribution in [3.63, 3.8) is 0 Å². The molecular formula is C17H18FN3O6S. The third-order valence-corrected chi connectivity index (χ3v) is 7.43. The highest BCUT2D eigenvalue weighted by Crippen LogP contribution is 2.41. The molecule has 3 saturated heterocycles. The molecular weight excluding hydrogens is 393 g/mol. The van der Waals surface area contributed by atoms with Crippen LogP contribution in [0.3, 0.4) is 0 Å². The second-order valence-electron chi connectivity index (χ2n) is 7.61. The number of H-pyrrole nitrogens is 1. The summed E-state index contributed by atoms with van der Waals surface area (Å²) in [5.74, 6) is -0.871. The first kappa shape index (κ1) is 17.8. The number of halogens is 1. The molecule has 1 aromatic heterocycles. The molecule has 1 atom stereocenters. The second-order valence-corrected chi connectivity index (χ2v) is 9.55. The summed E-state index contributed by atoms with van der Waals surface area (Å²) >= 11 is 0. The fraction of sp³-hybridized carbons (Fsp3) is 0.529.